The number of hydrogen-bond acceptors (Lipinski definition) is 0. The third-order valence-electron chi connectivity index (χ3n) is 2.07. The van der Waals surface area contributed by atoms with Crippen LogP contribution in [0.25, 0.3) is 0 Å². The lowest BCUT2D eigenvalue weighted by Crippen LogP contribution is -2.06. The number of benzene rings is 2. The first-order chi connectivity index (χ1) is 6.88. The van der Waals surface area contributed by atoms with Gasteiger partial charge in [0.15, 0.2) is 0 Å². The van der Waals surface area contributed by atoms with Crippen LogP contribution >= 0.6 is 16.5 Å². The molecule has 1 unspecified atom stereocenters. The van der Waals surface area contributed by atoms with Crippen molar-refractivity contribution in [1.82, 2.24) is 0 Å². The zero-order valence-corrected chi connectivity index (χ0v) is 9.85. The highest BCUT2D eigenvalue weighted by atomic mass is 32.0. The molecule has 0 aliphatic carbocycles. The van der Waals surface area contributed by atoms with Crippen molar-refractivity contribution in [2.24, 2.45) is 0 Å². The largest absolute Gasteiger partial charge is 0.102 e. The second-order valence-electron chi connectivity index (χ2n) is 3.04. The molecule has 0 radical (unpaired) electrons. The molecule has 0 amide bonds. The first-order valence-electron chi connectivity index (χ1n) is 4.53. The molecule has 0 nitrogen and oxygen atoms in total. The molecule has 0 heterocycles. The van der Waals surface area contributed by atoms with Gasteiger partial charge in [-0.05, 0) is 18.2 Å². The molecule has 2 aromatic rings. The van der Waals surface area contributed by atoms with Crippen LogP contribution in [0.4, 0.5) is 0 Å². The predicted octanol–water partition coefficient (Wildman–Crippen LogP) is 2.91. The zero-order chi connectivity index (χ0) is 9.80. The summed E-state index contributed by atoms with van der Waals surface area (Å²) in [7, 11) is 2.70. The number of hydrogen-bond donors (Lipinski definition) is 0. The molecule has 2 heteroatoms. The first kappa shape index (κ1) is 9.84. The van der Waals surface area contributed by atoms with Crippen molar-refractivity contribution in [3.8, 4) is 0 Å². The summed E-state index contributed by atoms with van der Waals surface area (Å²) in [6, 6.07) is 21.2. The van der Waals surface area contributed by atoms with Crippen LogP contribution in [0.5, 0.6) is 0 Å². The lowest BCUT2D eigenvalue weighted by atomic mass is 10.4. The highest BCUT2D eigenvalue weighted by Gasteiger charge is 2.05. The van der Waals surface area contributed by atoms with Gasteiger partial charge in [0.1, 0.15) is 0 Å². The van der Waals surface area contributed by atoms with Gasteiger partial charge >= 0.3 is 0 Å². The van der Waals surface area contributed by atoms with E-state index in [1.54, 1.807) is 0 Å². The Morgan fingerprint density at radius 1 is 0.643 bits per heavy atom. The third-order valence-corrected chi connectivity index (χ3v) is 5.57. The zero-order valence-electron chi connectivity index (χ0n) is 7.80. The van der Waals surface area contributed by atoms with Gasteiger partial charge < -0.3 is 0 Å². The van der Waals surface area contributed by atoms with E-state index in [4.69, 9.17) is 0 Å². The van der Waals surface area contributed by atoms with E-state index in [-0.39, 0.29) is 7.61 Å². The smallest absolute Gasteiger partial charge is 0.0157 e. The molecule has 0 aliphatic rings. The topological polar surface area (TPSA) is 0 Å². The average molecular weight is 218 g/mol. The Labute approximate surface area is 88.2 Å². The SMILES string of the molecule is PP(c1ccccc1)c1ccccc1. The second-order valence-corrected chi connectivity index (χ2v) is 6.36. The maximum Gasteiger partial charge on any atom is -0.0157 e. The molecule has 0 aliphatic heterocycles. The van der Waals surface area contributed by atoms with Crippen LogP contribution in [-0.4, -0.2) is 0 Å². The second kappa shape index (κ2) is 4.69. The molecule has 0 aromatic heterocycles. The van der Waals surface area contributed by atoms with Gasteiger partial charge in [0.2, 0.25) is 0 Å². The van der Waals surface area contributed by atoms with Crippen LogP contribution < -0.4 is 10.6 Å². The molecule has 0 spiro atoms. The summed E-state index contributed by atoms with van der Waals surface area (Å²) in [4.78, 5) is 0. The predicted molar refractivity (Wildman–Crippen MR) is 68.8 cm³/mol. The highest BCUT2D eigenvalue weighted by Crippen LogP contribution is 2.41. The molecule has 14 heavy (non-hydrogen) atoms. The van der Waals surface area contributed by atoms with Crippen LogP contribution in [0.3, 0.4) is 0 Å². The molecule has 0 saturated carbocycles. The Bertz CT molecular complexity index is 344. The Balaban J connectivity index is 2.30. The molecule has 70 valence electrons. The van der Waals surface area contributed by atoms with Crippen molar-refractivity contribution in [2.45, 2.75) is 0 Å². The Morgan fingerprint density at radius 3 is 1.36 bits per heavy atom. The van der Waals surface area contributed by atoms with Gasteiger partial charge in [-0.1, -0.05) is 60.7 Å². The molecule has 1 atom stereocenters. The highest BCUT2D eigenvalue weighted by molar-refractivity contribution is 8.21. The van der Waals surface area contributed by atoms with Gasteiger partial charge in [0.25, 0.3) is 0 Å². The Hall–Kier alpha value is -0.700. The minimum Gasteiger partial charge on any atom is -0.102 e. The fraction of sp³-hybridized carbons (Fsp3) is 0. The quantitative estimate of drug-likeness (QED) is 0.680. The van der Waals surface area contributed by atoms with Crippen LogP contribution in [0, 0.1) is 0 Å². The average Bonchev–Trinajstić information content (AvgIpc) is 2.30. The normalized spacial score (nSPS) is 10.4. The fourth-order valence-electron chi connectivity index (χ4n) is 1.33. The van der Waals surface area contributed by atoms with Crippen molar-refractivity contribution in [3.05, 3.63) is 60.7 Å². The van der Waals surface area contributed by atoms with Crippen molar-refractivity contribution in [2.75, 3.05) is 0 Å². The van der Waals surface area contributed by atoms with E-state index in [1.165, 1.54) is 10.6 Å². The van der Waals surface area contributed by atoms with E-state index >= 15 is 0 Å². The molecule has 2 rings (SSSR count). The summed E-state index contributed by atoms with van der Waals surface area (Å²) in [5.74, 6) is 0. The number of rotatable bonds is 2. The van der Waals surface area contributed by atoms with Crippen LogP contribution in [0.2, 0.25) is 0 Å². The maximum atomic E-state index is 2.95. The molecule has 0 fully saturated rings. The maximum absolute atomic E-state index is 2.95. The lowest BCUT2D eigenvalue weighted by Gasteiger charge is -2.11. The van der Waals surface area contributed by atoms with Gasteiger partial charge in [0.05, 0.1) is 0 Å². The summed E-state index contributed by atoms with van der Waals surface area (Å²) in [5.41, 5.74) is 0. The Kier molecular flexibility index (Phi) is 3.30. The minimum atomic E-state index is -0.254. The van der Waals surface area contributed by atoms with Crippen LogP contribution in [0.1, 0.15) is 0 Å². The van der Waals surface area contributed by atoms with E-state index < -0.39 is 0 Å². The summed E-state index contributed by atoms with van der Waals surface area (Å²) in [5, 5.41) is 2.80. The van der Waals surface area contributed by atoms with Gasteiger partial charge in [-0.3, -0.25) is 0 Å². The summed E-state index contributed by atoms with van der Waals surface area (Å²) in [6.45, 7) is 0. The van der Waals surface area contributed by atoms with E-state index in [0.29, 0.717) is 0 Å². The van der Waals surface area contributed by atoms with E-state index in [9.17, 15) is 0 Å². The minimum absolute atomic E-state index is 0.254. The first-order valence-corrected chi connectivity index (χ1v) is 7.49. The van der Waals surface area contributed by atoms with Gasteiger partial charge in [0, 0.05) is 0 Å². The summed E-state index contributed by atoms with van der Waals surface area (Å²) >= 11 is 0. The van der Waals surface area contributed by atoms with E-state index in [2.05, 4.69) is 69.6 Å². The summed E-state index contributed by atoms with van der Waals surface area (Å²) < 4.78 is 0. The molecule has 0 N–H and O–H groups in total. The lowest BCUT2D eigenvalue weighted by molar-refractivity contribution is 1.76. The van der Waals surface area contributed by atoms with E-state index in [1.807, 2.05) is 0 Å². The van der Waals surface area contributed by atoms with Crippen molar-refractivity contribution in [1.29, 1.82) is 0 Å². The van der Waals surface area contributed by atoms with Crippen molar-refractivity contribution < 1.29 is 0 Å². The fourth-order valence-corrected chi connectivity index (χ4v) is 3.64. The van der Waals surface area contributed by atoms with Crippen molar-refractivity contribution >= 4 is 27.1 Å². The monoisotopic (exact) mass is 218 g/mol. The van der Waals surface area contributed by atoms with Gasteiger partial charge in [-0.2, -0.15) is 0 Å². The molecular weight excluding hydrogens is 206 g/mol. The van der Waals surface area contributed by atoms with E-state index in [0.717, 1.165) is 0 Å². The molecule has 0 bridgehead atoms. The van der Waals surface area contributed by atoms with Crippen molar-refractivity contribution in [3.63, 3.8) is 0 Å². The standard InChI is InChI=1S/C12H12P2/c13-14(11-7-3-1-4-8-11)12-9-5-2-6-10-12/h1-10H,13H2. The Morgan fingerprint density at radius 2 is 1.00 bits per heavy atom. The van der Waals surface area contributed by atoms with Gasteiger partial charge in [-0.15, -0.1) is 8.93 Å². The van der Waals surface area contributed by atoms with Crippen LogP contribution in [0.15, 0.2) is 60.7 Å². The van der Waals surface area contributed by atoms with Crippen LogP contribution in [-0.2, 0) is 0 Å². The molecule has 0 saturated heterocycles. The molecule has 2 aromatic carbocycles. The third kappa shape index (κ3) is 2.21. The summed E-state index contributed by atoms with van der Waals surface area (Å²) in [6.07, 6.45) is 0. The van der Waals surface area contributed by atoms with Gasteiger partial charge in [-0.25, -0.2) is 0 Å². The molecular formula is C12H12P2.